The molecule has 2 heterocycles. The lowest BCUT2D eigenvalue weighted by Crippen LogP contribution is -2.38. The van der Waals surface area contributed by atoms with E-state index < -0.39 is 0 Å². The van der Waals surface area contributed by atoms with Gasteiger partial charge in [0.15, 0.2) is 0 Å². The van der Waals surface area contributed by atoms with Gasteiger partial charge in [0.05, 0.1) is 0 Å². The van der Waals surface area contributed by atoms with Crippen molar-refractivity contribution in [3.8, 4) is 0 Å². The Labute approximate surface area is 110 Å². The highest BCUT2D eigenvalue weighted by Gasteiger charge is 2.43. The van der Waals surface area contributed by atoms with Crippen LogP contribution in [0.3, 0.4) is 0 Å². The van der Waals surface area contributed by atoms with E-state index in [0.29, 0.717) is 30.2 Å². The number of hydrogen-bond donors (Lipinski definition) is 1. The molecule has 3 nitrogen and oxygen atoms in total. The lowest BCUT2D eigenvalue weighted by molar-refractivity contribution is -0.131. The van der Waals surface area contributed by atoms with Crippen LogP contribution in [0.15, 0.2) is 11.6 Å². The topological polar surface area (TPSA) is 32.3 Å². The smallest absolute Gasteiger partial charge is 0.226 e. The van der Waals surface area contributed by atoms with Crippen molar-refractivity contribution in [2.75, 3.05) is 19.6 Å². The van der Waals surface area contributed by atoms with Gasteiger partial charge in [0.25, 0.3) is 0 Å². The second-order valence-electron chi connectivity index (χ2n) is 6.15. The SMILES string of the molecule is CC1C2CNCC2CN1C(=O)CC1=CCCCC1. The van der Waals surface area contributed by atoms with E-state index in [2.05, 4.69) is 23.2 Å². The van der Waals surface area contributed by atoms with Gasteiger partial charge in [-0.25, -0.2) is 0 Å². The van der Waals surface area contributed by atoms with Crippen molar-refractivity contribution in [1.29, 1.82) is 0 Å². The van der Waals surface area contributed by atoms with Crippen molar-refractivity contribution in [3.05, 3.63) is 11.6 Å². The maximum Gasteiger partial charge on any atom is 0.226 e. The average Bonchev–Trinajstić information content (AvgIpc) is 2.94. The fourth-order valence-electron chi connectivity index (χ4n) is 3.86. The second kappa shape index (κ2) is 5.04. The predicted molar refractivity (Wildman–Crippen MR) is 72.2 cm³/mol. The minimum absolute atomic E-state index is 0.366. The van der Waals surface area contributed by atoms with Gasteiger partial charge in [-0.2, -0.15) is 0 Å². The Balaban J connectivity index is 1.61. The summed E-state index contributed by atoms with van der Waals surface area (Å²) in [5.74, 6) is 1.75. The molecule has 0 radical (unpaired) electrons. The van der Waals surface area contributed by atoms with Crippen molar-refractivity contribution >= 4 is 5.91 Å². The lowest BCUT2D eigenvalue weighted by Gasteiger charge is -2.25. The molecule has 0 aromatic heterocycles. The molecule has 3 aliphatic rings. The third-order valence-electron chi connectivity index (χ3n) is 5.02. The number of hydrogen-bond acceptors (Lipinski definition) is 2. The number of amides is 1. The summed E-state index contributed by atoms with van der Waals surface area (Å²) in [6.07, 6.45) is 7.86. The normalized spacial score (nSPS) is 35.5. The summed E-state index contributed by atoms with van der Waals surface area (Å²) < 4.78 is 0. The number of carbonyl (C=O) groups is 1. The van der Waals surface area contributed by atoms with E-state index in [0.717, 1.165) is 26.1 Å². The Kier molecular flexibility index (Phi) is 3.42. The van der Waals surface area contributed by atoms with Crippen LogP contribution < -0.4 is 5.32 Å². The molecule has 1 amide bonds. The summed E-state index contributed by atoms with van der Waals surface area (Å²) in [6.45, 7) is 5.40. The molecule has 0 saturated carbocycles. The Bertz CT molecular complexity index is 364. The molecule has 1 aliphatic carbocycles. The van der Waals surface area contributed by atoms with E-state index in [1.807, 2.05) is 0 Å². The van der Waals surface area contributed by atoms with Crippen LogP contribution in [-0.2, 0) is 4.79 Å². The summed E-state index contributed by atoms with van der Waals surface area (Å²) in [4.78, 5) is 14.6. The van der Waals surface area contributed by atoms with Crippen molar-refractivity contribution in [1.82, 2.24) is 10.2 Å². The summed E-state index contributed by atoms with van der Waals surface area (Å²) in [6, 6.07) is 0.432. The maximum atomic E-state index is 12.4. The van der Waals surface area contributed by atoms with E-state index in [1.165, 1.54) is 24.8 Å². The molecule has 1 N–H and O–H groups in total. The summed E-state index contributed by atoms with van der Waals surface area (Å²) >= 11 is 0. The second-order valence-corrected chi connectivity index (χ2v) is 6.15. The number of carbonyl (C=O) groups excluding carboxylic acids is 1. The van der Waals surface area contributed by atoms with Crippen LogP contribution in [-0.4, -0.2) is 36.5 Å². The number of likely N-dealkylation sites (tertiary alicyclic amines) is 1. The third-order valence-corrected chi connectivity index (χ3v) is 5.02. The molecule has 0 aromatic carbocycles. The third kappa shape index (κ3) is 2.20. The molecular weight excluding hydrogens is 224 g/mol. The fraction of sp³-hybridized carbons (Fsp3) is 0.800. The van der Waals surface area contributed by atoms with Gasteiger partial charge in [0, 0.05) is 32.1 Å². The molecule has 0 aromatic rings. The molecule has 3 rings (SSSR count). The first-order valence-corrected chi connectivity index (χ1v) is 7.44. The van der Waals surface area contributed by atoms with E-state index in [-0.39, 0.29) is 0 Å². The van der Waals surface area contributed by atoms with Crippen LogP contribution in [0.4, 0.5) is 0 Å². The minimum atomic E-state index is 0.366. The van der Waals surface area contributed by atoms with Crippen LogP contribution in [0.1, 0.15) is 39.0 Å². The summed E-state index contributed by atoms with van der Waals surface area (Å²) in [5, 5.41) is 3.45. The molecule has 3 atom stereocenters. The van der Waals surface area contributed by atoms with E-state index in [4.69, 9.17) is 0 Å². The molecular formula is C15H24N2O. The number of allylic oxidation sites excluding steroid dienone is 1. The van der Waals surface area contributed by atoms with Gasteiger partial charge in [0.2, 0.25) is 5.91 Å². The zero-order valence-corrected chi connectivity index (χ0v) is 11.3. The number of nitrogens with zero attached hydrogens (tertiary/aromatic N) is 1. The van der Waals surface area contributed by atoms with Gasteiger partial charge in [-0.3, -0.25) is 4.79 Å². The van der Waals surface area contributed by atoms with Crippen LogP contribution in [0, 0.1) is 11.8 Å². The van der Waals surface area contributed by atoms with Crippen LogP contribution in [0.2, 0.25) is 0 Å². The molecule has 2 aliphatic heterocycles. The molecule has 0 spiro atoms. The fourth-order valence-corrected chi connectivity index (χ4v) is 3.86. The van der Waals surface area contributed by atoms with Crippen molar-refractivity contribution in [3.63, 3.8) is 0 Å². The van der Waals surface area contributed by atoms with Crippen molar-refractivity contribution in [2.24, 2.45) is 11.8 Å². The van der Waals surface area contributed by atoms with E-state index in [1.54, 1.807) is 0 Å². The zero-order chi connectivity index (χ0) is 12.5. The molecule has 18 heavy (non-hydrogen) atoms. The predicted octanol–water partition coefficient (Wildman–Crippen LogP) is 1.94. The molecule has 0 bridgehead atoms. The summed E-state index contributed by atoms with van der Waals surface area (Å²) in [7, 11) is 0. The molecule has 2 saturated heterocycles. The summed E-state index contributed by atoms with van der Waals surface area (Å²) in [5.41, 5.74) is 1.38. The number of rotatable bonds is 2. The highest BCUT2D eigenvalue weighted by molar-refractivity contribution is 5.79. The van der Waals surface area contributed by atoms with Crippen molar-refractivity contribution in [2.45, 2.75) is 45.1 Å². The first-order valence-electron chi connectivity index (χ1n) is 7.44. The maximum absolute atomic E-state index is 12.4. The Hall–Kier alpha value is -0.830. The highest BCUT2D eigenvalue weighted by Crippen LogP contribution is 2.33. The molecule has 3 heteroatoms. The first kappa shape index (κ1) is 12.2. The number of fused-ring (bicyclic) bond motifs is 1. The minimum Gasteiger partial charge on any atom is -0.339 e. The Morgan fingerprint density at radius 1 is 1.44 bits per heavy atom. The highest BCUT2D eigenvalue weighted by atomic mass is 16.2. The van der Waals surface area contributed by atoms with Crippen LogP contribution in [0.25, 0.3) is 0 Å². The molecule has 100 valence electrons. The molecule has 2 fully saturated rings. The van der Waals surface area contributed by atoms with Gasteiger partial charge in [-0.05, 0) is 44.4 Å². The molecule has 3 unspecified atom stereocenters. The van der Waals surface area contributed by atoms with Crippen LogP contribution >= 0.6 is 0 Å². The van der Waals surface area contributed by atoms with Gasteiger partial charge >= 0.3 is 0 Å². The Morgan fingerprint density at radius 3 is 3.06 bits per heavy atom. The number of nitrogens with one attached hydrogen (secondary N) is 1. The zero-order valence-electron chi connectivity index (χ0n) is 11.3. The van der Waals surface area contributed by atoms with E-state index in [9.17, 15) is 4.79 Å². The largest absolute Gasteiger partial charge is 0.339 e. The quantitative estimate of drug-likeness (QED) is 0.758. The Morgan fingerprint density at radius 2 is 2.33 bits per heavy atom. The first-order chi connectivity index (χ1) is 8.75. The van der Waals surface area contributed by atoms with Crippen LogP contribution in [0.5, 0.6) is 0 Å². The standard InChI is InChI=1S/C15H24N2O/c1-11-14-9-16-8-13(14)10-17(11)15(18)7-12-5-3-2-4-6-12/h5,11,13-14,16H,2-4,6-10H2,1H3. The van der Waals surface area contributed by atoms with Gasteiger partial charge in [-0.1, -0.05) is 11.6 Å². The van der Waals surface area contributed by atoms with Gasteiger partial charge in [-0.15, -0.1) is 0 Å². The van der Waals surface area contributed by atoms with Gasteiger partial charge in [0.1, 0.15) is 0 Å². The van der Waals surface area contributed by atoms with Gasteiger partial charge < -0.3 is 10.2 Å². The average molecular weight is 248 g/mol. The lowest BCUT2D eigenvalue weighted by atomic mass is 9.95. The van der Waals surface area contributed by atoms with Crippen molar-refractivity contribution < 1.29 is 4.79 Å². The monoisotopic (exact) mass is 248 g/mol. The van der Waals surface area contributed by atoms with E-state index >= 15 is 0 Å².